The van der Waals surface area contributed by atoms with Gasteiger partial charge in [0, 0.05) is 13.2 Å². The van der Waals surface area contributed by atoms with Crippen molar-refractivity contribution in [3.8, 4) is 0 Å². The lowest BCUT2D eigenvalue weighted by molar-refractivity contribution is 0.123. The van der Waals surface area contributed by atoms with Gasteiger partial charge in [-0.25, -0.2) is 9.36 Å². The normalized spacial score (nSPS) is 17.5. The van der Waals surface area contributed by atoms with Crippen LogP contribution in [0.15, 0.2) is 0 Å². The molecule has 6 nitrogen and oxygen atoms in total. The number of hydrogen-bond acceptors (Lipinski definition) is 5. The summed E-state index contributed by atoms with van der Waals surface area (Å²) in [5.74, 6) is 3.48. The second-order valence-electron chi connectivity index (χ2n) is 9.81. The number of thioether (sulfide) groups is 1. The molecule has 8 heteroatoms. The first-order chi connectivity index (χ1) is 16.5. The van der Waals surface area contributed by atoms with Gasteiger partial charge in [-0.2, -0.15) is 11.8 Å². The Bertz CT molecular complexity index is 541. The van der Waals surface area contributed by atoms with Gasteiger partial charge in [-0.1, -0.05) is 90.4 Å². The van der Waals surface area contributed by atoms with Crippen LogP contribution < -0.4 is 0 Å². The summed E-state index contributed by atoms with van der Waals surface area (Å²) in [6, 6.07) is 0. The van der Waals surface area contributed by atoms with Gasteiger partial charge in [0.05, 0.1) is 6.61 Å². The number of unbranched alkanes of at least 4 members (excludes halogenated alkanes) is 8. The summed E-state index contributed by atoms with van der Waals surface area (Å²) in [4.78, 5) is 19.8. The van der Waals surface area contributed by atoms with Gasteiger partial charge in [-0.15, -0.1) is 0 Å². The van der Waals surface area contributed by atoms with Crippen LogP contribution in [0, 0.1) is 11.8 Å². The topological polar surface area (TPSA) is 93.1 Å². The van der Waals surface area contributed by atoms with Crippen molar-refractivity contribution in [1.29, 1.82) is 0 Å². The predicted molar refractivity (Wildman–Crippen MR) is 143 cm³/mol. The van der Waals surface area contributed by atoms with E-state index in [1.54, 1.807) is 0 Å². The molecule has 0 amide bonds. The fourth-order valence-electron chi connectivity index (χ4n) is 4.75. The molecule has 0 aliphatic heterocycles. The quantitative estimate of drug-likeness (QED) is 0.103. The lowest BCUT2D eigenvalue weighted by atomic mass is 9.79. The maximum atomic E-state index is 11.3. The number of hydrogen-bond donors (Lipinski definition) is 2. The first kappa shape index (κ1) is 32.0. The smallest absolute Gasteiger partial charge is 0.435 e. The van der Waals surface area contributed by atoms with E-state index in [0.717, 1.165) is 43.0 Å². The molecular formula is C26H51O6PS. The molecular weight excluding hydrogens is 471 g/mol. The summed E-state index contributed by atoms with van der Waals surface area (Å²) >= 11 is 1.87. The highest BCUT2D eigenvalue weighted by Gasteiger charge is 2.29. The van der Waals surface area contributed by atoms with E-state index in [1.165, 1.54) is 96.3 Å². The molecule has 0 aromatic carbocycles. The van der Waals surface area contributed by atoms with E-state index in [4.69, 9.17) is 9.84 Å². The molecule has 0 aromatic heterocycles. The van der Waals surface area contributed by atoms with Gasteiger partial charge < -0.3 is 19.3 Å². The van der Waals surface area contributed by atoms with Crippen molar-refractivity contribution in [2.75, 3.05) is 31.3 Å². The molecule has 0 heterocycles. The van der Waals surface area contributed by atoms with Crippen molar-refractivity contribution in [2.24, 2.45) is 11.8 Å². The number of rotatable bonds is 23. The Hall–Kier alpha value is -0.0700. The van der Waals surface area contributed by atoms with Crippen molar-refractivity contribution < 1.29 is 28.6 Å². The number of carbonyl (C=O) groups is 1. The van der Waals surface area contributed by atoms with Gasteiger partial charge in [0.1, 0.15) is 0 Å². The zero-order valence-corrected chi connectivity index (χ0v) is 23.3. The Labute approximate surface area is 212 Å². The minimum atomic E-state index is -4.50. The SMILES string of the molecule is CCCCCCCCCCOCCCCC(CSCCCOP(=O)(O)C(=O)O)C1CCCCC1. The molecule has 2 atom stereocenters. The third kappa shape index (κ3) is 16.6. The van der Waals surface area contributed by atoms with Gasteiger partial charge in [-0.05, 0) is 49.0 Å². The van der Waals surface area contributed by atoms with Crippen LogP contribution in [0.2, 0.25) is 0 Å². The van der Waals surface area contributed by atoms with Crippen molar-refractivity contribution >= 4 is 25.1 Å². The standard InChI is InChI=1S/C26H51O6PS/c1-2-3-4-5-6-7-8-13-19-31-20-14-12-18-25(24-16-10-9-11-17-24)23-34-22-15-21-32-33(29,30)26(27)28/h24-25H,2-23H2,1H3,(H,27,28)(H,29,30). The van der Waals surface area contributed by atoms with E-state index < -0.39 is 13.3 Å². The fraction of sp³-hybridized carbons (Fsp3) is 0.962. The van der Waals surface area contributed by atoms with E-state index >= 15 is 0 Å². The molecule has 202 valence electrons. The minimum Gasteiger partial charge on any atom is -0.472 e. The highest BCUT2D eigenvalue weighted by Crippen LogP contribution is 2.42. The highest BCUT2D eigenvalue weighted by atomic mass is 32.2. The Kier molecular flexibility index (Phi) is 19.8. The molecule has 0 spiro atoms. The summed E-state index contributed by atoms with van der Waals surface area (Å²) in [7, 11) is -4.50. The van der Waals surface area contributed by atoms with Gasteiger partial charge in [0.15, 0.2) is 0 Å². The van der Waals surface area contributed by atoms with Gasteiger partial charge >= 0.3 is 13.3 Å². The molecule has 2 unspecified atom stereocenters. The van der Waals surface area contributed by atoms with Crippen LogP contribution in [-0.4, -0.2) is 47.0 Å². The van der Waals surface area contributed by atoms with Crippen LogP contribution in [0.1, 0.15) is 116 Å². The van der Waals surface area contributed by atoms with Crippen LogP contribution in [-0.2, 0) is 13.8 Å². The molecule has 2 N–H and O–H groups in total. The molecule has 1 rings (SSSR count). The van der Waals surface area contributed by atoms with Gasteiger partial charge in [0.25, 0.3) is 0 Å². The summed E-state index contributed by atoms with van der Waals surface area (Å²) in [5.41, 5.74) is -1.78. The van der Waals surface area contributed by atoms with E-state index in [1.807, 2.05) is 11.8 Å². The third-order valence-electron chi connectivity index (χ3n) is 6.85. The van der Waals surface area contributed by atoms with E-state index in [-0.39, 0.29) is 6.61 Å². The average Bonchev–Trinajstić information content (AvgIpc) is 2.83. The molecule has 1 fully saturated rings. The van der Waals surface area contributed by atoms with Crippen LogP contribution in [0.5, 0.6) is 0 Å². The molecule has 0 radical (unpaired) electrons. The van der Waals surface area contributed by atoms with Crippen molar-refractivity contribution in [3.63, 3.8) is 0 Å². The van der Waals surface area contributed by atoms with E-state index in [2.05, 4.69) is 11.4 Å². The Morgan fingerprint density at radius 1 is 0.912 bits per heavy atom. The second-order valence-corrected chi connectivity index (χ2v) is 12.6. The van der Waals surface area contributed by atoms with Gasteiger partial charge in [0.2, 0.25) is 0 Å². The lowest BCUT2D eigenvalue weighted by Gasteiger charge is -2.30. The maximum absolute atomic E-state index is 11.3. The Morgan fingerprint density at radius 2 is 1.53 bits per heavy atom. The molecule has 1 aliphatic carbocycles. The maximum Gasteiger partial charge on any atom is 0.435 e. The van der Waals surface area contributed by atoms with Crippen molar-refractivity contribution in [2.45, 2.75) is 116 Å². The Balaban J connectivity index is 2.10. The van der Waals surface area contributed by atoms with Gasteiger partial charge in [-0.3, -0.25) is 0 Å². The van der Waals surface area contributed by atoms with Crippen molar-refractivity contribution in [1.82, 2.24) is 0 Å². The highest BCUT2D eigenvalue weighted by molar-refractivity contribution is 7.99. The summed E-state index contributed by atoms with van der Waals surface area (Å²) in [5, 5.41) is 8.63. The van der Waals surface area contributed by atoms with Crippen LogP contribution in [0.25, 0.3) is 0 Å². The molecule has 0 saturated heterocycles. The van der Waals surface area contributed by atoms with Crippen molar-refractivity contribution in [3.05, 3.63) is 0 Å². The molecule has 34 heavy (non-hydrogen) atoms. The third-order valence-corrected chi connectivity index (χ3v) is 9.10. The first-order valence-electron chi connectivity index (χ1n) is 13.8. The number of ether oxygens (including phenoxy) is 1. The monoisotopic (exact) mass is 522 g/mol. The average molecular weight is 523 g/mol. The molecule has 1 aliphatic rings. The lowest BCUT2D eigenvalue weighted by Crippen LogP contribution is -2.20. The second kappa shape index (κ2) is 21.1. The van der Waals surface area contributed by atoms with Crippen LogP contribution in [0.3, 0.4) is 0 Å². The molecule has 1 saturated carbocycles. The molecule has 0 bridgehead atoms. The number of carboxylic acid groups (broad SMARTS) is 1. The minimum absolute atomic E-state index is 0.0113. The Morgan fingerprint density at radius 3 is 2.18 bits per heavy atom. The summed E-state index contributed by atoms with van der Waals surface area (Å²) in [6.45, 7) is 4.06. The predicted octanol–water partition coefficient (Wildman–Crippen LogP) is 8.51. The fourth-order valence-corrected chi connectivity index (χ4v) is 6.47. The molecule has 0 aromatic rings. The van der Waals surface area contributed by atoms with Crippen LogP contribution in [0.4, 0.5) is 4.79 Å². The zero-order chi connectivity index (χ0) is 24.9. The zero-order valence-electron chi connectivity index (χ0n) is 21.6. The van der Waals surface area contributed by atoms with Crippen LogP contribution >= 0.6 is 19.4 Å². The largest absolute Gasteiger partial charge is 0.472 e. The van der Waals surface area contributed by atoms with E-state index in [0.29, 0.717) is 6.42 Å². The summed E-state index contributed by atoms with van der Waals surface area (Å²) < 4.78 is 21.8. The first-order valence-corrected chi connectivity index (χ1v) is 16.6. The van der Waals surface area contributed by atoms with E-state index in [9.17, 15) is 14.3 Å². The summed E-state index contributed by atoms with van der Waals surface area (Å²) in [6.07, 6.45) is 21.6.